The van der Waals surface area contributed by atoms with Crippen LogP contribution in [-0.2, 0) is 0 Å². The molecule has 24 heavy (non-hydrogen) atoms. The molecule has 2 aliphatic heterocycles. The van der Waals surface area contributed by atoms with Crippen molar-refractivity contribution in [2.24, 2.45) is 0 Å². The van der Waals surface area contributed by atoms with E-state index >= 15 is 0 Å². The first-order valence-electron chi connectivity index (χ1n) is 9.43. The fraction of sp³-hybridized carbons (Fsp3) is 0.545. The number of rotatable bonds is 2. The van der Waals surface area contributed by atoms with Gasteiger partial charge < -0.3 is 0 Å². The van der Waals surface area contributed by atoms with Crippen LogP contribution in [0.15, 0.2) is 24.3 Å². The lowest BCUT2D eigenvalue weighted by molar-refractivity contribution is 0.255. The lowest BCUT2D eigenvalue weighted by Gasteiger charge is -2.23. The third-order valence-corrected chi connectivity index (χ3v) is 4.83. The molecule has 3 rings (SSSR count). The van der Waals surface area contributed by atoms with Gasteiger partial charge in [0.05, 0.1) is 13.1 Å². The van der Waals surface area contributed by atoms with Gasteiger partial charge in [0.15, 0.2) is 0 Å². The van der Waals surface area contributed by atoms with Crippen molar-refractivity contribution in [3.05, 3.63) is 35.4 Å². The molecule has 2 nitrogen and oxygen atoms in total. The monoisotopic (exact) mass is 320 g/mol. The molecule has 0 aliphatic carbocycles. The van der Waals surface area contributed by atoms with Gasteiger partial charge in [-0.25, -0.2) is 0 Å². The molecule has 2 heterocycles. The van der Waals surface area contributed by atoms with E-state index in [1.165, 1.54) is 64.7 Å². The van der Waals surface area contributed by atoms with Gasteiger partial charge in [-0.3, -0.25) is 9.80 Å². The number of piperidine rings is 2. The number of hydrogen-bond acceptors (Lipinski definition) is 2. The van der Waals surface area contributed by atoms with Crippen LogP contribution in [0.3, 0.4) is 0 Å². The third-order valence-electron chi connectivity index (χ3n) is 4.83. The van der Waals surface area contributed by atoms with Crippen molar-refractivity contribution in [3.63, 3.8) is 0 Å². The van der Waals surface area contributed by atoms with E-state index < -0.39 is 0 Å². The fourth-order valence-corrected chi connectivity index (χ4v) is 3.42. The Labute approximate surface area is 147 Å². The van der Waals surface area contributed by atoms with Gasteiger partial charge in [0.1, 0.15) is 0 Å². The molecule has 0 atom stereocenters. The maximum atomic E-state index is 3.33. The minimum absolute atomic E-state index is 0.894. The van der Waals surface area contributed by atoms with Crippen molar-refractivity contribution < 1.29 is 0 Å². The molecule has 2 fully saturated rings. The van der Waals surface area contributed by atoms with Crippen LogP contribution in [0.25, 0.3) is 0 Å². The summed E-state index contributed by atoms with van der Waals surface area (Å²) in [4.78, 5) is 4.91. The summed E-state index contributed by atoms with van der Waals surface area (Å²) < 4.78 is 0. The summed E-state index contributed by atoms with van der Waals surface area (Å²) >= 11 is 0. The summed E-state index contributed by atoms with van der Waals surface area (Å²) in [6.45, 7) is 6.61. The molecule has 2 saturated heterocycles. The third kappa shape index (κ3) is 5.72. The second-order valence-electron chi connectivity index (χ2n) is 6.86. The van der Waals surface area contributed by atoms with Crippen molar-refractivity contribution in [2.75, 3.05) is 39.3 Å². The van der Waals surface area contributed by atoms with Crippen LogP contribution >= 0.6 is 0 Å². The first-order chi connectivity index (χ1) is 11.9. The summed E-state index contributed by atoms with van der Waals surface area (Å²) in [7, 11) is 0. The molecule has 2 heteroatoms. The van der Waals surface area contributed by atoms with Gasteiger partial charge in [-0.15, -0.1) is 0 Å². The highest BCUT2D eigenvalue weighted by molar-refractivity contribution is 5.43. The molecule has 1 aromatic rings. The Balaban J connectivity index is 1.52. The van der Waals surface area contributed by atoms with Gasteiger partial charge in [-0.2, -0.15) is 0 Å². The zero-order valence-corrected chi connectivity index (χ0v) is 14.7. The zero-order chi connectivity index (χ0) is 16.5. The smallest absolute Gasteiger partial charge is 0.0605 e. The highest BCUT2D eigenvalue weighted by Gasteiger charge is 2.08. The summed E-state index contributed by atoms with van der Waals surface area (Å²) in [5.74, 6) is 13.3. The average molecular weight is 320 g/mol. The molecule has 0 radical (unpaired) electrons. The van der Waals surface area contributed by atoms with E-state index in [2.05, 4.69) is 57.7 Å². The first-order valence-corrected chi connectivity index (χ1v) is 9.43. The van der Waals surface area contributed by atoms with Gasteiger partial charge >= 0.3 is 0 Å². The molecular weight excluding hydrogens is 292 g/mol. The SMILES string of the molecule is C(#Cc1cccc(C#CCN2CCCCC2)c1)CN1CCCCC1. The summed E-state index contributed by atoms with van der Waals surface area (Å²) in [5.41, 5.74) is 2.16. The summed E-state index contributed by atoms with van der Waals surface area (Å²) in [6.07, 6.45) is 8.05. The molecule has 0 N–H and O–H groups in total. The Morgan fingerprint density at radius 3 is 1.58 bits per heavy atom. The Morgan fingerprint density at radius 1 is 0.667 bits per heavy atom. The van der Waals surface area contributed by atoms with Crippen molar-refractivity contribution in [1.82, 2.24) is 9.80 Å². The molecule has 1 aromatic carbocycles. The van der Waals surface area contributed by atoms with Crippen LogP contribution in [0.2, 0.25) is 0 Å². The predicted molar refractivity (Wildman–Crippen MR) is 101 cm³/mol. The minimum Gasteiger partial charge on any atom is -0.292 e. The number of nitrogens with zero attached hydrogens (tertiary/aromatic N) is 2. The van der Waals surface area contributed by atoms with Gasteiger partial charge in [0, 0.05) is 11.1 Å². The topological polar surface area (TPSA) is 6.48 Å². The molecule has 0 unspecified atom stereocenters. The normalized spacial score (nSPS) is 19.0. The van der Waals surface area contributed by atoms with Gasteiger partial charge in [-0.05, 0) is 70.1 Å². The molecule has 0 spiro atoms. The Hall–Kier alpha value is -1.74. The van der Waals surface area contributed by atoms with E-state index in [-0.39, 0.29) is 0 Å². The standard InChI is InChI=1S/C22H28N2/c1-3-14-23(15-4-1)18-8-12-21-10-7-11-22(20-21)13-9-19-24-16-5-2-6-17-24/h7,10-11,20H,1-6,14-19H2. The zero-order valence-electron chi connectivity index (χ0n) is 14.7. The highest BCUT2D eigenvalue weighted by atomic mass is 15.1. The van der Waals surface area contributed by atoms with Crippen LogP contribution in [0, 0.1) is 23.7 Å². The second kappa shape index (κ2) is 9.53. The van der Waals surface area contributed by atoms with Crippen LogP contribution in [-0.4, -0.2) is 49.1 Å². The predicted octanol–water partition coefficient (Wildman–Crippen LogP) is 3.36. The van der Waals surface area contributed by atoms with E-state index in [1.54, 1.807) is 0 Å². The van der Waals surface area contributed by atoms with Crippen molar-refractivity contribution >= 4 is 0 Å². The molecule has 0 bridgehead atoms. The van der Waals surface area contributed by atoms with E-state index in [9.17, 15) is 0 Å². The number of benzene rings is 1. The summed E-state index contributed by atoms with van der Waals surface area (Å²) in [5, 5.41) is 0. The van der Waals surface area contributed by atoms with Gasteiger partial charge in [0.25, 0.3) is 0 Å². The molecule has 0 amide bonds. The Bertz CT molecular complexity index is 576. The van der Waals surface area contributed by atoms with E-state index in [0.29, 0.717) is 0 Å². The first kappa shape index (κ1) is 17.1. The molecule has 0 aromatic heterocycles. The second-order valence-corrected chi connectivity index (χ2v) is 6.86. The molecular formula is C22H28N2. The number of hydrogen-bond donors (Lipinski definition) is 0. The fourth-order valence-electron chi connectivity index (χ4n) is 3.42. The average Bonchev–Trinajstić information content (AvgIpc) is 2.64. The maximum absolute atomic E-state index is 3.33. The molecule has 126 valence electrons. The minimum atomic E-state index is 0.894. The van der Waals surface area contributed by atoms with E-state index in [4.69, 9.17) is 0 Å². The quantitative estimate of drug-likeness (QED) is 0.771. The lowest BCUT2D eigenvalue weighted by atomic mass is 10.1. The highest BCUT2D eigenvalue weighted by Crippen LogP contribution is 2.08. The molecule has 2 aliphatic rings. The van der Waals surface area contributed by atoms with Crippen LogP contribution < -0.4 is 0 Å². The maximum Gasteiger partial charge on any atom is 0.0605 e. The Morgan fingerprint density at radius 2 is 1.12 bits per heavy atom. The largest absolute Gasteiger partial charge is 0.292 e. The van der Waals surface area contributed by atoms with Crippen molar-refractivity contribution in [3.8, 4) is 23.7 Å². The van der Waals surface area contributed by atoms with Crippen molar-refractivity contribution in [1.29, 1.82) is 0 Å². The van der Waals surface area contributed by atoms with E-state index in [1.807, 2.05) is 0 Å². The summed E-state index contributed by atoms with van der Waals surface area (Å²) in [6, 6.07) is 8.35. The van der Waals surface area contributed by atoms with Gasteiger partial charge in [-0.1, -0.05) is 42.6 Å². The Kier molecular flexibility index (Phi) is 6.79. The molecule has 0 saturated carbocycles. The van der Waals surface area contributed by atoms with Crippen LogP contribution in [0.1, 0.15) is 49.7 Å². The van der Waals surface area contributed by atoms with E-state index in [0.717, 1.165) is 24.2 Å². The number of likely N-dealkylation sites (tertiary alicyclic amines) is 2. The van der Waals surface area contributed by atoms with Crippen molar-refractivity contribution in [2.45, 2.75) is 38.5 Å². The lowest BCUT2D eigenvalue weighted by Crippen LogP contribution is -2.29. The van der Waals surface area contributed by atoms with Crippen LogP contribution in [0.5, 0.6) is 0 Å². The van der Waals surface area contributed by atoms with Gasteiger partial charge in [0.2, 0.25) is 0 Å². The van der Waals surface area contributed by atoms with Crippen LogP contribution in [0.4, 0.5) is 0 Å².